The van der Waals surface area contributed by atoms with Crippen molar-refractivity contribution in [2.45, 2.75) is 37.9 Å². The highest BCUT2D eigenvalue weighted by Crippen LogP contribution is 2.29. The van der Waals surface area contributed by atoms with E-state index in [0.717, 1.165) is 64.5 Å². The molecule has 2 aliphatic rings. The Bertz CT molecular complexity index is 465. The van der Waals surface area contributed by atoms with Crippen LogP contribution in [0.15, 0.2) is 12.4 Å². The molecule has 2 aliphatic heterocycles. The molecule has 0 aliphatic carbocycles. The van der Waals surface area contributed by atoms with Crippen molar-refractivity contribution < 1.29 is 14.6 Å². The van der Waals surface area contributed by atoms with Crippen LogP contribution in [0, 0.1) is 5.92 Å². The molecule has 0 spiro atoms. The Morgan fingerprint density at radius 2 is 2.22 bits per heavy atom. The molecule has 1 aromatic heterocycles. The number of hydrogen-bond donors (Lipinski definition) is 1. The van der Waals surface area contributed by atoms with Gasteiger partial charge in [-0.25, -0.2) is 4.98 Å². The van der Waals surface area contributed by atoms with Gasteiger partial charge in [0, 0.05) is 32.6 Å². The van der Waals surface area contributed by atoms with Gasteiger partial charge >= 0.3 is 0 Å². The molecular weight excluding hydrogens is 294 g/mol. The van der Waals surface area contributed by atoms with E-state index in [0.29, 0.717) is 12.0 Å². The first-order chi connectivity index (χ1) is 11.2. The van der Waals surface area contributed by atoms with E-state index in [-0.39, 0.29) is 0 Å². The molecule has 0 aromatic carbocycles. The quantitative estimate of drug-likeness (QED) is 0.768. The highest BCUT2D eigenvalue weighted by Gasteiger charge is 2.28. The van der Waals surface area contributed by atoms with Crippen molar-refractivity contribution in [2.75, 3.05) is 39.5 Å². The zero-order valence-corrected chi connectivity index (χ0v) is 14.1. The van der Waals surface area contributed by atoms with E-state index in [1.807, 2.05) is 17.8 Å². The first-order valence-electron chi connectivity index (χ1n) is 8.81. The van der Waals surface area contributed by atoms with Gasteiger partial charge in [0.25, 0.3) is 0 Å². The zero-order valence-electron chi connectivity index (χ0n) is 14.1. The molecule has 2 saturated heterocycles. The Balaban J connectivity index is 1.33. The molecule has 1 N–H and O–H groups in total. The molecule has 0 amide bonds. The lowest BCUT2D eigenvalue weighted by atomic mass is 9.91. The highest BCUT2D eigenvalue weighted by molar-refractivity contribution is 4.98. The maximum Gasteiger partial charge on any atom is 0.137 e. The van der Waals surface area contributed by atoms with E-state index in [1.165, 1.54) is 6.42 Å². The van der Waals surface area contributed by atoms with Crippen LogP contribution in [-0.4, -0.2) is 65.1 Å². The third-order valence-electron chi connectivity index (χ3n) is 5.08. The molecule has 0 radical (unpaired) electrons. The number of imidazole rings is 1. The number of aryl methyl sites for hydroxylation is 1. The van der Waals surface area contributed by atoms with Gasteiger partial charge in [-0.05, 0) is 44.7 Å². The second kappa shape index (κ2) is 8.24. The Morgan fingerprint density at radius 3 is 2.87 bits per heavy atom. The Hall–Kier alpha value is -0.950. The van der Waals surface area contributed by atoms with E-state index >= 15 is 0 Å². The number of likely N-dealkylation sites (tertiary alicyclic amines) is 1. The van der Waals surface area contributed by atoms with Gasteiger partial charge in [0.05, 0.1) is 19.3 Å². The van der Waals surface area contributed by atoms with Crippen LogP contribution in [0.4, 0.5) is 0 Å². The van der Waals surface area contributed by atoms with Crippen LogP contribution in [0.1, 0.15) is 37.6 Å². The highest BCUT2D eigenvalue weighted by atomic mass is 16.5. The number of hydrogen-bond acceptors (Lipinski definition) is 5. The minimum absolute atomic E-state index is 0.306. The van der Waals surface area contributed by atoms with Gasteiger partial charge in [-0.1, -0.05) is 0 Å². The van der Waals surface area contributed by atoms with Gasteiger partial charge in [0.2, 0.25) is 0 Å². The molecule has 2 fully saturated rings. The molecule has 0 bridgehead atoms. The van der Waals surface area contributed by atoms with E-state index in [2.05, 4.69) is 9.88 Å². The first kappa shape index (κ1) is 16.9. The summed E-state index contributed by atoms with van der Waals surface area (Å²) in [6, 6.07) is 0. The number of nitrogens with zero attached hydrogens (tertiary/aromatic N) is 3. The molecule has 6 nitrogen and oxygen atoms in total. The Labute approximate surface area is 138 Å². The summed E-state index contributed by atoms with van der Waals surface area (Å²) < 4.78 is 13.2. The van der Waals surface area contributed by atoms with Crippen LogP contribution in [0.5, 0.6) is 0 Å². The maximum atomic E-state index is 10.5. The lowest BCUT2D eigenvalue weighted by molar-refractivity contribution is 0.00259. The van der Waals surface area contributed by atoms with E-state index in [1.54, 1.807) is 6.20 Å². The average Bonchev–Trinajstić information content (AvgIpc) is 3.23. The smallest absolute Gasteiger partial charge is 0.137 e. The van der Waals surface area contributed by atoms with Crippen LogP contribution in [0.25, 0.3) is 0 Å². The van der Waals surface area contributed by atoms with Crippen molar-refractivity contribution in [3.8, 4) is 0 Å². The van der Waals surface area contributed by atoms with Gasteiger partial charge in [0.1, 0.15) is 11.9 Å². The number of aliphatic hydroxyl groups is 1. The molecule has 6 heteroatoms. The predicted molar refractivity (Wildman–Crippen MR) is 87.1 cm³/mol. The number of rotatable bonds is 7. The number of ether oxygens (including phenoxy) is 2. The van der Waals surface area contributed by atoms with Crippen molar-refractivity contribution in [3.63, 3.8) is 0 Å². The van der Waals surface area contributed by atoms with Crippen molar-refractivity contribution in [1.82, 2.24) is 14.5 Å². The van der Waals surface area contributed by atoms with Crippen LogP contribution in [-0.2, 0) is 16.5 Å². The summed E-state index contributed by atoms with van der Waals surface area (Å²) in [5.41, 5.74) is 0. The van der Waals surface area contributed by atoms with Crippen molar-refractivity contribution in [1.29, 1.82) is 0 Å². The third kappa shape index (κ3) is 4.53. The topological polar surface area (TPSA) is 59.8 Å². The fourth-order valence-corrected chi connectivity index (χ4v) is 3.55. The summed E-state index contributed by atoms with van der Waals surface area (Å²) in [6.07, 6.45) is 7.83. The van der Waals surface area contributed by atoms with Crippen molar-refractivity contribution >= 4 is 0 Å². The molecule has 23 heavy (non-hydrogen) atoms. The number of piperidine rings is 1. The van der Waals surface area contributed by atoms with Crippen LogP contribution >= 0.6 is 0 Å². The number of aromatic nitrogens is 2. The summed E-state index contributed by atoms with van der Waals surface area (Å²) in [4.78, 5) is 6.70. The van der Waals surface area contributed by atoms with Crippen LogP contribution in [0.3, 0.4) is 0 Å². The summed E-state index contributed by atoms with van der Waals surface area (Å²) in [6.45, 7) is 5.41. The van der Waals surface area contributed by atoms with Gasteiger partial charge in [-0.2, -0.15) is 0 Å². The molecule has 3 rings (SSSR count). The average molecular weight is 323 g/mol. The summed E-state index contributed by atoms with van der Waals surface area (Å²) in [5, 5.41) is 10.5. The molecule has 1 aromatic rings. The second-order valence-corrected chi connectivity index (χ2v) is 6.73. The molecule has 0 saturated carbocycles. The largest absolute Gasteiger partial charge is 0.385 e. The molecular formula is C17H29N3O3. The van der Waals surface area contributed by atoms with Gasteiger partial charge in [-0.15, -0.1) is 0 Å². The van der Waals surface area contributed by atoms with Crippen LogP contribution < -0.4 is 0 Å². The zero-order chi connectivity index (χ0) is 16.1. The molecule has 130 valence electrons. The summed E-state index contributed by atoms with van der Waals surface area (Å²) >= 11 is 0. The van der Waals surface area contributed by atoms with Gasteiger partial charge in [-0.3, -0.25) is 0 Å². The van der Waals surface area contributed by atoms with E-state index in [9.17, 15) is 5.11 Å². The fraction of sp³-hybridized carbons (Fsp3) is 0.824. The fourth-order valence-electron chi connectivity index (χ4n) is 3.55. The SMILES string of the molecule is Cn1ccnc1C(O)C1CCN(CCOCC2CCCO2)CC1. The standard InChI is InChI=1S/C17H29N3O3/c1-19-9-6-18-17(19)16(21)14-4-7-20(8-5-14)10-12-22-13-15-3-2-11-23-15/h6,9,14-16,21H,2-5,7-8,10-13H2,1H3. The van der Waals surface area contributed by atoms with E-state index < -0.39 is 6.10 Å². The normalized spacial score (nSPS) is 25.0. The lowest BCUT2D eigenvalue weighted by Gasteiger charge is -2.33. The monoisotopic (exact) mass is 323 g/mol. The maximum absolute atomic E-state index is 10.5. The summed E-state index contributed by atoms with van der Waals surface area (Å²) in [7, 11) is 1.94. The lowest BCUT2D eigenvalue weighted by Crippen LogP contribution is -2.38. The first-order valence-corrected chi connectivity index (χ1v) is 8.81. The molecule has 3 heterocycles. The predicted octanol–water partition coefficient (Wildman–Crippen LogP) is 1.36. The van der Waals surface area contributed by atoms with Crippen molar-refractivity contribution in [3.05, 3.63) is 18.2 Å². The molecule has 2 atom stereocenters. The Morgan fingerprint density at radius 1 is 1.39 bits per heavy atom. The van der Waals surface area contributed by atoms with Crippen LogP contribution in [0.2, 0.25) is 0 Å². The molecule has 2 unspecified atom stereocenters. The minimum Gasteiger partial charge on any atom is -0.385 e. The number of aliphatic hydroxyl groups excluding tert-OH is 1. The van der Waals surface area contributed by atoms with Gasteiger partial charge in [0.15, 0.2) is 0 Å². The minimum atomic E-state index is -0.451. The summed E-state index contributed by atoms with van der Waals surface area (Å²) in [5.74, 6) is 1.09. The van der Waals surface area contributed by atoms with Gasteiger partial charge < -0.3 is 24.0 Å². The van der Waals surface area contributed by atoms with E-state index in [4.69, 9.17) is 9.47 Å². The third-order valence-corrected chi connectivity index (χ3v) is 5.08. The van der Waals surface area contributed by atoms with Crippen molar-refractivity contribution in [2.24, 2.45) is 13.0 Å². The second-order valence-electron chi connectivity index (χ2n) is 6.73. The Kier molecular flexibility index (Phi) is 6.05.